The number of aromatic nitrogens is 1. The zero-order chi connectivity index (χ0) is 15.6. The van der Waals surface area contributed by atoms with Gasteiger partial charge in [-0.1, -0.05) is 36.4 Å². The van der Waals surface area contributed by atoms with Crippen LogP contribution in [-0.2, 0) is 17.0 Å². The summed E-state index contributed by atoms with van der Waals surface area (Å²) in [6, 6.07) is 15.5. The van der Waals surface area contributed by atoms with Crippen LogP contribution in [0, 0.1) is 0 Å². The molecule has 1 amide bonds. The Labute approximate surface area is 135 Å². The SMILES string of the molecule is O=C(CSCc1ccccn1)NCC(O)Cc1ccccc1. The minimum Gasteiger partial charge on any atom is -0.391 e. The van der Waals surface area contributed by atoms with E-state index in [-0.39, 0.29) is 12.5 Å². The molecule has 4 nitrogen and oxygen atoms in total. The van der Waals surface area contributed by atoms with Crippen LogP contribution in [0.2, 0.25) is 0 Å². The molecule has 22 heavy (non-hydrogen) atoms. The highest BCUT2D eigenvalue weighted by Crippen LogP contribution is 2.08. The van der Waals surface area contributed by atoms with Crippen LogP contribution in [0.3, 0.4) is 0 Å². The molecule has 0 saturated carbocycles. The number of hydrogen-bond acceptors (Lipinski definition) is 4. The van der Waals surface area contributed by atoms with E-state index in [0.29, 0.717) is 17.9 Å². The van der Waals surface area contributed by atoms with Crippen molar-refractivity contribution in [2.45, 2.75) is 18.3 Å². The maximum absolute atomic E-state index is 11.7. The molecular weight excluding hydrogens is 296 g/mol. The fourth-order valence-electron chi connectivity index (χ4n) is 1.97. The van der Waals surface area contributed by atoms with Crippen LogP contribution in [0.1, 0.15) is 11.3 Å². The number of nitrogens with zero attached hydrogens (tertiary/aromatic N) is 1. The van der Waals surface area contributed by atoms with Crippen LogP contribution < -0.4 is 5.32 Å². The molecule has 2 rings (SSSR count). The lowest BCUT2D eigenvalue weighted by Crippen LogP contribution is -2.34. The second-order valence-corrected chi connectivity index (χ2v) is 5.95. The van der Waals surface area contributed by atoms with Crippen molar-refractivity contribution < 1.29 is 9.90 Å². The summed E-state index contributed by atoms with van der Waals surface area (Å²) < 4.78 is 0. The number of carbonyl (C=O) groups is 1. The summed E-state index contributed by atoms with van der Waals surface area (Å²) in [5.41, 5.74) is 2.03. The number of thioether (sulfide) groups is 1. The molecule has 1 unspecified atom stereocenters. The number of pyridine rings is 1. The van der Waals surface area contributed by atoms with E-state index < -0.39 is 6.10 Å². The third-order valence-electron chi connectivity index (χ3n) is 3.06. The van der Waals surface area contributed by atoms with Gasteiger partial charge in [0.15, 0.2) is 0 Å². The van der Waals surface area contributed by atoms with Gasteiger partial charge < -0.3 is 10.4 Å². The van der Waals surface area contributed by atoms with E-state index >= 15 is 0 Å². The lowest BCUT2D eigenvalue weighted by Gasteiger charge is -2.12. The molecule has 0 spiro atoms. The molecule has 116 valence electrons. The van der Waals surface area contributed by atoms with Crippen molar-refractivity contribution in [1.82, 2.24) is 10.3 Å². The highest BCUT2D eigenvalue weighted by molar-refractivity contribution is 7.99. The summed E-state index contributed by atoms with van der Waals surface area (Å²) in [7, 11) is 0. The van der Waals surface area contributed by atoms with Crippen molar-refractivity contribution in [3.63, 3.8) is 0 Å². The Morgan fingerprint density at radius 2 is 1.95 bits per heavy atom. The van der Waals surface area contributed by atoms with Crippen molar-refractivity contribution in [2.24, 2.45) is 0 Å². The minimum absolute atomic E-state index is 0.0620. The normalized spacial score (nSPS) is 11.9. The number of nitrogens with one attached hydrogen (secondary N) is 1. The monoisotopic (exact) mass is 316 g/mol. The van der Waals surface area contributed by atoms with E-state index in [0.717, 1.165) is 11.3 Å². The van der Waals surface area contributed by atoms with Crippen molar-refractivity contribution in [2.75, 3.05) is 12.3 Å². The van der Waals surface area contributed by atoms with E-state index in [4.69, 9.17) is 0 Å². The molecule has 0 fully saturated rings. The van der Waals surface area contributed by atoms with Gasteiger partial charge in [0.05, 0.1) is 17.6 Å². The maximum Gasteiger partial charge on any atom is 0.230 e. The van der Waals surface area contributed by atoms with Gasteiger partial charge in [0.1, 0.15) is 0 Å². The van der Waals surface area contributed by atoms with Crippen LogP contribution in [0.15, 0.2) is 54.7 Å². The lowest BCUT2D eigenvalue weighted by molar-refractivity contribution is -0.119. The third-order valence-corrected chi connectivity index (χ3v) is 4.02. The molecule has 0 aliphatic heterocycles. The highest BCUT2D eigenvalue weighted by atomic mass is 32.2. The van der Waals surface area contributed by atoms with Gasteiger partial charge in [-0.15, -0.1) is 11.8 Å². The predicted octanol–water partition coefficient (Wildman–Crippen LogP) is 2.03. The van der Waals surface area contributed by atoms with Crippen LogP contribution in [0.5, 0.6) is 0 Å². The lowest BCUT2D eigenvalue weighted by atomic mass is 10.1. The first-order chi connectivity index (χ1) is 10.7. The molecule has 0 radical (unpaired) electrons. The quantitative estimate of drug-likeness (QED) is 0.782. The smallest absolute Gasteiger partial charge is 0.230 e. The number of carbonyl (C=O) groups excluding carboxylic acids is 1. The highest BCUT2D eigenvalue weighted by Gasteiger charge is 2.08. The molecule has 2 N–H and O–H groups in total. The molecule has 1 aromatic heterocycles. The number of aliphatic hydroxyl groups is 1. The zero-order valence-corrected chi connectivity index (χ0v) is 13.1. The van der Waals surface area contributed by atoms with Crippen LogP contribution in [0.4, 0.5) is 0 Å². The van der Waals surface area contributed by atoms with Crippen molar-refractivity contribution in [3.8, 4) is 0 Å². The van der Waals surface area contributed by atoms with Gasteiger partial charge in [-0.05, 0) is 17.7 Å². The fraction of sp³-hybridized carbons (Fsp3) is 0.294. The predicted molar refractivity (Wildman–Crippen MR) is 89.6 cm³/mol. The van der Waals surface area contributed by atoms with Crippen LogP contribution in [-0.4, -0.2) is 34.4 Å². The first-order valence-electron chi connectivity index (χ1n) is 7.20. The average Bonchev–Trinajstić information content (AvgIpc) is 2.55. The molecule has 0 aliphatic rings. The van der Waals surface area contributed by atoms with Gasteiger partial charge in [-0.3, -0.25) is 9.78 Å². The Morgan fingerprint density at radius 1 is 1.18 bits per heavy atom. The Balaban J connectivity index is 1.61. The number of aliphatic hydroxyl groups excluding tert-OH is 1. The van der Waals surface area contributed by atoms with Crippen LogP contribution in [0.25, 0.3) is 0 Å². The van der Waals surface area contributed by atoms with Crippen LogP contribution >= 0.6 is 11.8 Å². The third kappa shape index (κ3) is 6.28. The first kappa shape index (κ1) is 16.5. The summed E-state index contributed by atoms with van der Waals surface area (Å²) in [6.07, 6.45) is 1.73. The molecule has 2 aromatic rings. The number of rotatable bonds is 8. The van der Waals surface area contributed by atoms with E-state index in [1.165, 1.54) is 11.8 Å². The van der Waals surface area contributed by atoms with E-state index in [1.54, 1.807) is 6.20 Å². The summed E-state index contributed by atoms with van der Waals surface area (Å²) in [6.45, 7) is 0.276. The standard InChI is InChI=1S/C17H20N2O2S/c20-16(10-14-6-2-1-3-7-14)11-19-17(21)13-22-12-15-8-4-5-9-18-15/h1-9,16,20H,10-13H2,(H,19,21). The Hall–Kier alpha value is -1.85. The number of hydrogen-bond donors (Lipinski definition) is 2. The molecule has 1 atom stereocenters. The van der Waals surface area contributed by atoms with Gasteiger partial charge >= 0.3 is 0 Å². The van der Waals surface area contributed by atoms with Crippen molar-refractivity contribution in [1.29, 1.82) is 0 Å². The zero-order valence-electron chi connectivity index (χ0n) is 12.3. The van der Waals surface area contributed by atoms with E-state index in [2.05, 4.69) is 10.3 Å². The molecule has 0 aliphatic carbocycles. The summed E-state index contributed by atoms with van der Waals surface area (Å²) in [4.78, 5) is 15.9. The summed E-state index contributed by atoms with van der Waals surface area (Å²) in [5.74, 6) is 1.02. The Morgan fingerprint density at radius 3 is 2.68 bits per heavy atom. The largest absolute Gasteiger partial charge is 0.391 e. The Kier molecular flexibility index (Phi) is 6.93. The van der Waals surface area contributed by atoms with Gasteiger partial charge in [0.25, 0.3) is 0 Å². The number of amides is 1. The fourth-order valence-corrected chi connectivity index (χ4v) is 2.74. The average molecular weight is 316 g/mol. The topological polar surface area (TPSA) is 62.2 Å². The van der Waals surface area contributed by atoms with E-state index in [1.807, 2.05) is 48.5 Å². The minimum atomic E-state index is -0.563. The summed E-state index contributed by atoms with van der Waals surface area (Å²) in [5, 5.41) is 12.7. The first-order valence-corrected chi connectivity index (χ1v) is 8.36. The molecule has 0 bridgehead atoms. The second-order valence-electron chi connectivity index (χ2n) is 4.96. The second kappa shape index (κ2) is 9.23. The van der Waals surface area contributed by atoms with Gasteiger partial charge in [0, 0.05) is 24.9 Å². The molecule has 0 saturated heterocycles. The van der Waals surface area contributed by atoms with Crippen molar-refractivity contribution >= 4 is 17.7 Å². The summed E-state index contributed by atoms with van der Waals surface area (Å²) >= 11 is 1.51. The maximum atomic E-state index is 11.7. The molecular formula is C17H20N2O2S. The number of benzene rings is 1. The Bertz CT molecular complexity index is 563. The van der Waals surface area contributed by atoms with Gasteiger partial charge in [-0.25, -0.2) is 0 Å². The van der Waals surface area contributed by atoms with Gasteiger partial charge in [0.2, 0.25) is 5.91 Å². The van der Waals surface area contributed by atoms with Crippen molar-refractivity contribution in [3.05, 3.63) is 66.0 Å². The molecule has 5 heteroatoms. The molecule has 1 heterocycles. The van der Waals surface area contributed by atoms with E-state index in [9.17, 15) is 9.90 Å². The molecule has 1 aromatic carbocycles. The van der Waals surface area contributed by atoms with Gasteiger partial charge in [-0.2, -0.15) is 0 Å².